The maximum Gasteiger partial charge on any atom is 0.346 e. The molecule has 1 aromatic rings. The largest absolute Gasteiger partial charge is 0.479 e. The predicted octanol–water partition coefficient (Wildman–Crippen LogP) is 2.22. The van der Waals surface area contributed by atoms with E-state index in [0.717, 1.165) is 12.8 Å². The number of Topliss-reactive ketones (excluding diaryl/α,β-unsaturated/α-hetero) is 1. The van der Waals surface area contributed by atoms with E-state index in [9.17, 15) is 9.59 Å². The standard InChI is InChI=1S/C14H16O4/c1-9(14(16)17-2)18-12-7-5-11(6-8-12)13(15)10-3-4-10/h5-10H,3-4H2,1-2H3. The van der Waals surface area contributed by atoms with Gasteiger partial charge >= 0.3 is 5.97 Å². The van der Waals surface area contributed by atoms with E-state index >= 15 is 0 Å². The Morgan fingerprint density at radius 3 is 2.33 bits per heavy atom. The zero-order valence-corrected chi connectivity index (χ0v) is 10.5. The quantitative estimate of drug-likeness (QED) is 0.592. The van der Waals surface area contributed by atoms with Crippen LogP contribution in [0.1, 0.15) is 30.1 Å². The fraction of sp³-hybridized carbons (Fsp3) is 0.429. The molecular formula is C14H16O4. The summed E-state index contributed by atoms with van der Waals surface area (Å²) in [5, 5.41) is 0. The molecule has 1 aliphatic rings. The first-order valence-corrected chi connectivity index (χ1v) is 6.00. The third-order valence-corrected chi connectivity index (χ3v) is 2.93. The third-order valence-electron chi connectivity index (χ3n) is 2.93. The van der Waals surface area contributed by atoms with Crippen LogP contribution >= 0.6 is 0 Å². The molecule has 0 heterocycles. The Hall–Kier alpha value is -1.84. The number of carbonyl (C=O) groups excluding carboxylic acids is 2. The summed E-state index contributed by atoms with van der Waals surface area (Å²) >= 11 is 0. The van der Waals surface area contributed by atoms with E-state index in [4.69, 9.17) is 4.74 Å². The Morgan fingerprint density at radius 1 is 1.22 bits per heavy atom. The zero-order chi connectivity index (χ0) is 13.1. The molecule has 18 heavy (non-hydrogen) atoms. The summed E-state index contributed by atoms with van der Waals surface area (Å²) in [6.07, 6.45) is 1.34. The fourth-order valence-corrected chi connectivity index (χ4v) is 1.70. The molecule has 1 atom stereocenters. The van der Waals surface area contributed by atoms with Gasteiger partial charge in [0.2, 0.25) is 0 Å². The highest BCUT2D eigenvalue weighted by Crippen LogP contribution is 2.32. The highest BCUT2D eigenvalue weighted by Gasteiger charge is 2.30. The second kappa shape index (κ2) is 5.21. The molecule has 0 bridgehead atoms. The van der Waals surface area contributed by atoms with Crippen LogP contribution in [-0.2, 0) is 9.53 Å². The van der Waals surface area contributed by atoms with E-state index in [2.05, 4.69) is 4.74 Å². The molecule has 1 unspecified atom stereocenters. The zero-order valence-electron chi connectivity index (χ0n) is 10.5. The summed E-state index contributed by atoms with van der Waals surface area (Å²) in [5.41, 5.74) is 0.704. The van der Waals surface area contributed by atoms with Crippen molar-refractivity contribution in [2.75, 3.05) is 7.11 Å². The number of rotatable bonds is 5. The number of esters is 1. The third kappa shape index (κ3) is 2.88. The van der Waals surface area contributed by atoms with Crippen LogP contribution < -0.4 is 4.74 Å². The number of benzene rings is 1. The minimum atomic E-state index is -0.653. The van der Waals surface area contributed by atoms with Gasteiger partial charge in [0.15, 0.2) is 11.9 Å². The van der Waals surface area contributed by atoms with E-state index in [0.29, 0.717) is 11.3 Å². The molecule has 0 saturated heterocycles. The highest BCUT2D eigenvalue weighted by molar-refractivity contribution is 5.99. The SMILES string of the molecule is COC(=O)C(C)Oc1ccc(C(=O)C2CC2)cc1. The van der Waals surface area contributed by atoms with Crippen LogP contribution in [0.2, 0.25) is 0 Å². The summed E-state index contributed by atoms with van der Waals surface area (Å²) < 4.78 is 9.96. The molecule has 0 N–H and O–H groups in total. The first-order valence-electron chi connectivity index (χ1n) is 6.00. The van der Waals surface area contributed by atoms with Gasteiger partial charge in [0.05, 0.1) is 7.11 Å². The van der Waals surface area contributed by atoms with E-state index in [1.807, 2.05) is 0 Å². The second-order valence-corrected chi connectivity index (χ2v) is 4.45. The van der Waals surface area contributed by atoms with Crippen molar-refractivity contribution in [3.8, 4) is 5.75 Å². The Bertz CT molecular complexity index is 445. The molecule has 96 valence electrons. The van der Waals surface area contributed by atoms with Gasteiger partial charge in [-0.1, -0.05) is 0 Å². The van der Waals surface area contributed by atoms with Crippen molar-refractivity contribution < 1.29 is 19.1 Å². The Morgan fingerprint density at radius 2 is 1.83 bits per heavy atom. The molecule has 1 saturated carbocycles. The van der Waals surface area contributed by atoms with E-state index in [1.165, 1.54) is 7.11 Å². The fourth-order valence-electron chi connectivity index (χ4n) is 1.70. The lowest BCUT2D eigenvalue weighted by Gasteiger charge is -2.12. The van der Waals surface area contributed by atoms with Crippen molar-refractivity contribution in [3.63, 3.8) is 0 Å². The molecule has 4 heteroatoms. The lowest BCUT2D eigenvalue weighted by molar-refractivity contribution is -0.147. The topological polar surface area (TPSA) is 52.6 Å². The van der Waals surface area contributed by atoms with Crippen LogP contribution in [0.15, 0.2) is 24.3 Å². The Kier molecular flexibility index (Phi) is 3.65. The van der Waals surface area contributed by atoms with E-state index < -0.39 is 12.1 Å². The van der Waals surface area contributed by atoms with Crippen LogP contribution in [0.4, 0.5) is 0 Å². The smallest absolute Gasteiger partial charge is 0.346 e. The minimum Gasteiger partial charge on any atom is -0.479 e. The monoisotopic (exact) mass is 248 g/mol. The first kappa shape index (κ1) is 12.6. The number of hydrogen-bond acceptors (Lipinski definition) is 4. The molecule has 1 aliphatic carbocycles. The van der Waals surface area contributed by atoms with Crippen molar-refractivity contribution in [1.29, 1.82) is 0 Å². The van der Waals surface area contributed by atoms with E-state index in [-0.39, 0.29) is 11.7 Å². The molecule has 0 aromatic heterocycles. The molecule has 0 amide bonds. The van der Waals surface area contributed by atoms with E-state index in [1.54, 1.807) is 31.2 Å². The number of ketones is 1. The van der Waals surface area contributed by atoms with Crippen molar-refractivity contribution >= 4 is 11.8 Å². The van der Waals surface area contributed by atoms with Crippen molar-refractivity contribution in [2.45, 2.75) is 25.9 Å². The molecular weight excluding hydrogens is 232 g/mol. The van der Waals surface area contributed by atoms with Gasteiger partial charge in [-0.2, -0.15) is 0 Å². The Labute approximate surface area is 106 Å². The van der Waals surface area contributed by atoms with Gasteiger partial charge in [0.1, 0.15) is 5.75 Å². The van der Waals surface area contributed by atoms with Crippen molar-refractivity contribution in [3.05, 3.63) is 29.8 Å². The summed E-state index contributed by atoms with van der Waals surface area (Å²) in [6, 6.07) is 6.88. The summed E-state index contributed by atoms with van der Waals surface area (Å²) in [6.45, 7) is 1.62. The van der Waals surface area contributed by atoms with Gasteiger partial charge in [0.25, 0.3) is 0 Å². The summed E-state index contributed by atoms with van der Waals surface area (Å²) in [5.74, 6) is 0.543. The van der Waals surface area contributed by atoms with Crippen LogP contribution in [0, 0.1) is 5.92 Å². The van der Waals surface area contributed by atoms with Crippen LogP contribution in [0.25, 0.3) is 0 Å². The average molecular weight is 248 g/mol. The molecule has 2 rings (SSSR count). The Balaban J connectivity index is 1.99. The number of hydrogen-bond donors (Lipinski definition) is 0. The summed E-state index contributed by atoms with van der Waals surface area (Å²) in [4.78, 5) is 23.0. The molecule has 0 aliphatic heterocycles. The molecule has 1 aromatic carbocycles. The van der Waals surface area contributed by atoms with Gasteiger partial charge in [-0.3, -0.25) is 4.79 Å². The minimum absolute atomic E-state index is 0.197. The second-order valence-electron chi connectivity index (χ2n) is 4.45. The van der Waals surface area contributed by atoms with Crippen molar-refractivity contribution in [2.24, 2.45) is 5.92 Å². The van der Waals surface area contributed by atoms with Gasteiger partial charge in [-0.25, -0.2) is 4.79 Å². The molecule has 1 fully saturated rings. The predicted molar refractivity (Wildman–Crippen MR) is 65.6 cm³/mol. The van der Waals surface area contributed by atoms with Gasteiger partial charge in [-0.15, -0.1) is 0 Å². The van der Waals surface area contributed by atoms with Crippen LogP contribution in [0.5, 0.6) is 5.75 Å². The normalized spacial score (nSPS) is 15.9. The first-order chi connectivity index (χ1) is 8.61. The van der Waals surface area contributed by atoms with Crippen LogP contribution in [0.3, 0.4) is 0 Å². The maximum atomic E-state index is 11.8. The lowest BCUT2D eigenvalue weighted by atomic mass is 10.1. The summed E-state index contributed by atoms with van der Waals surface area (Å²) in [7, 11) is 1.32. The van der Waals surface area contributed by atoms with Crippen molar-refractivity contribution in [1.82, 2.24) is 0 Å². The number of methoxy groups -OCH3 is 1. The highest BCUT2D eigenvalue weighted by atomic mass is 16.6. The maximum absolute atomic E-state index is 11.8. The van der Waals surface area contributed by atoms with Gasteiger partial charge in [-0.05, 0) is 44.0 Å². The molecule has 0 radical (unpaired) electrons. The lowest BCUT2D eigenvalue weighted by Crippen LogP contribution is -2.24. The molecule has 4 nitrogen and oxygen atoms in total. The van der Waals surface area contributed by atoms with Gasteiger partial charge in [0, 0.05) is 11.5 Å². The van der Waals surface area contributed by atoms with Crippen LogP contribution in [-0.4, -0.2) is 25.0 Å². The van der Waals surface area contributed by atoms with Gasteiger partial charge < -0.3 is 9.47 Å². The average Bonchev–Trinajstić information content (AvgIpc) is 3.22. The number of carbonyl (C=O) groups is 2. The molecule has 0 spiro atoms. The number of ether oxygens (including phenoxy) is 2.